The monoisotopic (exact) mass is 403 g/mol. The number of rotatable bonds is 6. The Bertz CT molecular complexity index is 754. The number of sulfone groups is 1. The van der Waals surface area contributed by atoms with E-state index in [2.05, 4.69) is 5.32 Å². The number of methoxy groups -OCH3 is 1. The molecule has 2 aliphatic rings. The van der Waals surface area contributed by atoms with Crippen LogP contribution in [-0.4, -0.2) is 51.9 Å². The zero-order chi connectivity index (χ0) is 18.8. The van der Waals surface area contributed by atoms with Crippen LogP contribution < -0.4 is 14.8 Å². The number of ether oxygens (including phenoxy) is 3. The molecule has 2 aliphatic heterocycles. The summed E-state index contributed by atoms with van der Waals surface area (Å²) in [5.41, 5.74) is 0.488. The molecule has 26 heavy (non-hydrogen) atoms. The fourth-order valence-corrected chi connectivity index (χ4v) is 6.09. The highest BCUT2D eigenvalue weighted by atomic mass is 35.5. The molecule has 146 valence electrons. The lowest BCUT2D eigenvalue weighted by Gasteiger charge is -2.37. The third kappa shape index (κ3) is 4.44. The molecule has 2 fully saturated rings. The van der Waals surface area contributed by atoms with Gasteiger partial charge in [-0.05, 0) is 43.9 Å². The van der Waals surface area contributed by atoms with Crippen LogP contribution in [0.2, 0.25) is 5.02 Å². The molecule has 3 rings (SSSR count). The van der Waals surface area contributed by atoms with Crippen molar-refractivity contribution in [2.45, 2.75) is 44.4 Å². The minimum atomic E-state index is -2.97. The Labute approximate surface area is 160 Å². The second-order valence-electron chi connectivity index (χ2n) is 6.99. The first-order valence-electron chi connectivity index (χ1n) is 8.93. The molecule has 0 saturated carbocycles. The van der Waals surface area contributed by atoms with Gasteiger partial charge in [0.25, 0.3) is 0 Å². The maximum Gasteiger partial charge on any atom is 0.179 e. The van der Waals surface area contributed by atoms with Crippen LogP contribution in [0, 0.1) is 0 Å². The fraction of sp³-hybridized carbons (Fsp3) is 0.667. The first-order chi connectivity index (χ1) is 12.4. The van der Waals surface area contributed by atoms with E-state index < -0.39 is 15.4 Å². The lowest BCUT2D eigenvalue weighted by Crippen LogP contribution is -2.47. The second-order valence-corrected chi connectivity index (χ2v) is 9.58. The average Bonchev–Trinajstić information content (AvgIpc) is 2.87. The normalized spacial score (nSPS) is 27.6. The molecule has 0 radical (unpaired) electrons. The molecule has 6 nitrogen and oxygen atoms in total. The summed E-state index contributed by atoms with van der Waals surface area (Å²) in [6.45, 7) is 3.65. The van der Waals surface area contributed by atoms with Gasteiger partial charge in [0.2, 0.25) is 0 Å². The van der Waals surface area contributed by atoms with Crippen molar-refractivity contribution >= 4 is 21.4 Å². The van der Waals surface area contributed by atoms with E-state index in [9.17, 15) is 8.42 Å². The van der Waals surface area contributed by atoms with Crippen LogP contribution in [0.1, 0.15) is 31.7 Å². The molecule has 1 aromatic rings. The summed E-state index contributed by atoms with van der Waals surface area (Å²) in [5, 5.41) is 4.04. The first-order valence-corrected chi connectivity index (χ1v) is 11.1. The Hall–Kier alpha value is -1.02. The maximum absolute atomic E-state index is 11.8. The predicted molar refractivity (Wildman–Crippen MR) is 101 cm³/mol. The van der Waals surface area contributed by atoms with Gasteiger partial charge in [-0.25, -0.2) is 8.42 Å². The van der Waals surface area contributed by atoms with Crippen LogP contribution in [0.15, 0.2) is 12.1 Å². The van der Waals surface area contributed by atoms with Gasteiger partial charge in [-0.15, -0.1) is 0 Å². The quantitative estimate of drug-likeness (QED) is 0.786. The lowest BCUT2D eigenvalue weighted by atomic mass is 9.90. The number of hydrogen-bond acceptors (Lipinski definition) is 6. The number of benzene rings is 1. The topological polar surface area (TPSA) is 73.9 Å². The average molecular weight is 404 g/mol. The van der Waals surface area contributed by atoms with Crippen molar-refractivity contribution < 1.29 is 22.6 Å². The molecule has 0 aromatic heterocycles. The summed E-state index contributed by atoms with van der Waals surface area (Å²) < 4.78 is 40.5. The minimum Gasteiger partial charge on any atom is -0.491 e. The zero-order valence-corrected chi connectivity index (χ0v) is 16.8. The van der Waals surface area contributed by atoms with E-state index in [1.165, 1.54) is 0 Å². The lowest BCUT2D eigenvalue weighted by molar-refractivity contribution is -0.0705. The highest BCUT2D eigenvalue weighted by molar-refractivity contribution is 7.91. The summed E-state index contributed by atoms with van der Waals surface area (Å²) >= 11 is 6.30. The predicted octanol–water partition coefficient (Wildman–Crippen LogP) is 2.57. The molecule has 1 N–H and O–H groups in total. The molecule has 8 heteroatoms. The van der Waals surface area contributed by atoms with E-state index >= 15 is 0 Å². The van der Waals surface area contributed by atoms with Crippen molar-refractivity contribution in [3.8, 4) is 11.5 Å². The molecule has 2 heterocycles. The minimum absolute atomic E-state index is 0.140. The largest absolute Gasteiger partial charge is 0.491 e. The van der Waals surface area contributed by atoms with Crippen molar-refractivity contribution in [3.05, 3.63) is 22.7 Å². The summed E-state index contributed by atoms with van der Waals surface area (Å²) in [6, 6.07) is 4.01. The van der Waals surface area contributed by atoms with Crippen molar-refractivity contribution in [3.63, 3.8) is 0 Å². The summed E-state index contributed by atoms with van der Waals surface area (Å²) in [5.74, 6) is 1.54. The van der Waals surface area contributed by atoms with E-state index in [1.807, 2.05) is 19.1 Å². The molecule has 0 bridgehead atoms. The summed E-state index contributed by atoms with van der Waals surface area (Å²) in [4.78, 5) is 0. The Morgan fingerprint density at radius 3 is 2.88 bits per heavy atom. The Kier molecular flexibility index (Phi) is 6.01. The van der Waals surface area contributed by atoms with Gasteiger partial charge in [-0.2, -0.15) is 0 Å². The molecule has 1 aromatic carbocycles. The van der Waals surface area contributed by atoms with Crippen LogP contribution in [0.5, 0.6) is 11.5 Å². The van der Waals surface area contributed by atoms with Gasteiger partial charge in [0, 0.05) is 19.2 Å². The third-order valence-corrected chi connectivity index (χ3v) is 7.09. The van der Waals surface area contributed by atoms with Crippen LogP contribution in [-0.2, 0) is 21.1 Å². The van der Waals surface area contributed by atoms with Gasteiger partial charge < -0.3 is 19.5 Å². The Balaban J connectivity index is 1.65. The van der Waals surface area contributed by atoms with Gasteiger partial charge in [-0.1, -0.05) is 11.6 Å². The Morgan fingerprint density at radius 2 is 2.23 bits per heavy atom. The number of hydrogen-bond donors (Lipinski definition) is 1. The smallest absolute Gasteiger partial charge is 0.179 e. The Morgan fingerprint density at radius 1 is 1.42 bits per heavy atom. The molecule has 0 aliphatic carbocycles. The fourth-order valence-electron chi connectivity index (χ4n) is 3.81. The first kappa shape index (κ1) is 19.7. The molecule has 0 unspecified atom stereocenters. The van der Waals surface area contributed by atoms with E-state index in [0.717, 1.165) is 12.0 Å². The van der Waals surface area contributed by atoms with Crippen LogP contribution in [0.4, 0.5) is 0 Å². The highest BCUT2D eigenvalue weighted by Crippen LogP contribution is 2.37. The van der Waals surface area contributed by atoms with Crippen LogP contribution in [0.25, 0.3) is 0 Å². The third-order valence-electron chi connectivity index (χ3n) is 5.01. The molecule has 0 amide bonds. The SMILES string of the molecule is CCOc1cc(CN[C@H]2CCO[C@]3(CCS(=O)(=O)C3)C2)cc(Cl)c1OC. The van der Waals surface area contributed by atoms with Crippen molar-refractivity contribution in [2.24, 2.45) is 0 Å². The number of nitrogens with one attached hydrogen (secondary N) is 1. The highest BCUT2D eigenvalue weighted by Gasteiger charge is 2.46. The zero-order valence-electron chi connectivity index (χ0n) is 15.2. The van der Waals surface area contributed by atoms with Crippen LogP contribution in [0.3, 0.4) is 0 Å². The van der Waals surface area contributed by atoms with E-state index in [1.54, 1.807) is 7.11 Å². The van der Waals surface area contributed by atoms with E-state index in [4.69, 9.17) is 25.8 Å². The van der Waals surface area contributed by atoms with Gasteiger partial charge in [0.1, 0.15) is 0 Å². The van der Waals surface area contributed by atoms with Gasteiger partial charge in [0.05, 0.1) is 35.8 Å². The van der Waals surface area contributed by atoms with Gasteiger partial charge in [-0.3, -0.25) is 0 Å². The molecule has 2 atom stereocenters. The number of halogens is 1. The second kappa shape index (κ2) is 7.92. The van der Waals surface area contributed by atoms with Gasteiger partial charge >= 0.3 is 0 Å². The van der Waals surface area contributed by atoms with Gasteiger partial charge in [0.15, 0.2) is 21.3 Å². The summed E-state index contributed by atoms with van der Waals surface area (Å²) in [6.07, 6.45) is 2.18. The standard InChI is InChI=1S/C18H26ClNO5S/c1-3-24-16-9-13(8-15(19)17(16)23-2)11-20-14-4-6-25-18(10-14)5-7-26(21,22)12-18/h8-9,14,20H,3-7,10-12H2,1-2H3/t14-,18+/m0/s1. The molecule has 1 spiro atoms. The van der Waals surface area contributed by atoms with Crippen molar-refractivity contribution in [1.29, 1.82) is 0 Å². The summed E-state index contributed by atoms with van der Waals surface area (Å²) in [7, 11) is -1.40. The van der Waals surface area contributed by atoms with Crippen molar-refractivity contribution in [1.82, 2.24) is 5.32 Å². The van der Waals surface area contributed by atoms with E-state index in [0.29, 0.717) is 49.1 Å². The van der Waals surface area contributed by atoms with Crippen molar-refractivity contribution in [2.75, 3.05) is 31.8 Å². The van der Waals surface area contributed by atoms with E-state index in [-0.39, 0.29) is 17.5 Å². The molecule has 2 saturated heterocycles. The molecular formula is C18H26ClNO5S. The maximum atomic E-state index is 11.8. The molecular weight excluding hydrogens is 378 g/mol. The van der Waals surface area contributed by atoms with Crippen LogP contribution >= 0.6 is 11.6 Å².